The minimum Gasteiger partial charge on any atom is -0.493 e. The summed E-state index contributed by atoms with van der Waals surface area (Å²) in [7, 11) is 2.96. The van der Waals surface area contributed by atoms with Crippen LogP contribution in [0, 0.1) is 0 Å². The Balaban J connectivity index is 1.50. The Kier molecular flexibility index (Phi) is 8.96. The molecule has 0 radical (unpaired) electrons. The predicted octanol–water partition coefficient (Wildman–Crippen LogP) is 3.57. The standard InChI is InChI=1S/C25H22BrN3O6/c1-33-21-10-9-17(13-22(21)34-2)24(31)27-15-23(30)29-28-14-16-5-3-8-20(11-16)35-25(32)18-6-4-7-19(26)12-18/h3-14H,15H2,1-2H3,(H,27,31)(H,29,30)/b28-14+. The van der Waals surface area contributed by atoms with Crippen LogP contribution in [-0.2, 0) is 4.79 Å². The van der Waals surface area contributed by atoms with Crippen LogP contribution in [-0.4, -0.2) is 44.8 Å². The Morgan fingerprint density at radius 3 is 2.43 bits per heavy atom. The lowest BCUT2D eigenvalue weighted by Crippen LogP contribution is -2.34. The number of carbonyl (C=O) groups excluding carboxylic acids is 3. The number of nitrogens with zero attached hydrogens (tertiary/aromatic N) is 1. The lowest BCUT2D eigenvalue weighted by molar-refractivity contribution is -0.120. The Hall–Kier alpha value is -4.18. The van der Waals surface area contributed by atoms with E-state index < -0.39 is 17.8 Å². The van der Waals surface area contributed by atoms with E-state index in [-0.39, 0.29) is 6.54 Å². The molecule has 2 amide bonds. The molecule has 180 valence electrons. The van der Waals surface area contributed by atoms with Crippen molar-refractivity contribution in [2.24, 2.45) is 5.10 Å². The highest BCUT2D eigenvalue weighted by atomic mass is 79.9. The summed E-state index contributed by atoms with van der Waals surface area (Å²) in [4.78, 5) is 36.6. The maximum absolute atomic E-state index is 12.3. The number of benzene rings is 3. The van der Waals surface area contributed by atoms with E-state index >= 15 is 0 Å². The average molecular weight is 540 g/mol. The molecule has 3 rings (SSSR count). The number of rotatable bonds is 9. The van der Waals surface area contributed by atoms with Gasteiger partial charge in [0.2, 0.25) is 0 Å². The van der Waals surface area contributed by atoms with Crippen molar-refractivity contribution in [1.29, 1.82) is 0 Å². The zero-order valence-electron chi connectivity index (χ0n) is 18.9. The van der Waals surface area contributed by atoms with Crippen LogP contribution < -0.4 is 25.0 Å². The number of nitrogens with one attached hydrogen (secondary N) is 2. The van der Waals surface area contributed by atoms with Gasteiger partial charge in [-0.1, -0.05) is 34.1 Å². The summed E-state index contributed by atoms with van der Waals surface area (Å²) in [6, 6.07) is 18.2. The molecule has 0 atom stereocenters. The summed E-state index contributed by atoms with van der Waals surface area (Å²) >= 11 is 3.32. The van der Waals surface area contributed by atoms with Gasteiger partial charge < -0.3 is 19.5 Å². The summed E-state index contributed by atoms with van der Waals surface area (Å²) < 4.78 is 16.5. The van der Waals surface area contributed by atoms with Gasteiger partial charge in [0.25, 0.3) is 11.8 Å². The van der Waals surface area contributed by atoms with E-state index in [9.17, 15) is 14.4 Å². The first-order valence-corrected chi connectivity index (χ1v) is 11.1. The van der Waals surface area contributed by atoms with E-state index in [1.807, 2.05) is 6.07 Å². The van der Waals surface area contributed by atoms with Crippen LogP contribution in [0.2, 0.25) is 0 Å². The number of hydrazone groups is 1. The number of carbonyl (C=O) groups is 3. The maximum atomic E-state index is 12.3. The van der Waals surface area contributed by atoms with E-state index in [2.05, 4.69) is 31.8 Å². The van der Waals surface area contributed by atoms with Crippen molar-refractivity contribution in [3.05, 3.63) is 87.9 Å². The van der Waals surface area contributed by atoms with Gasteiger partial charge in [-0.15, -0.1) is 0 Å². The van der Waals surface area contributed by atoms with Gasteiger partial charge in [0.15, 0.2) is 11.5 Å². The van der Waals surface area contributed by atoms with Crippen molar-refractivity contribution in [2.75, 3.05) is 20.8 Å². The highest BCUT2D eigenvalue weighted by Gasteiger charge is 2.12. The Morgan fingerprint density at radius 2 is 1.69 bits per heavy atom. The predicted molar refractivity (Wildman–Crippen MR) is 133 cm³/mol. The quantitative estimate of drug-likeness (QED) is 0.186. The van der Waals surface area contributed by atoms with Gasteiger partial charge in [-0.2, -0.15) is 5.10 Å². The molecule has 0 aliphatic carbocycles. The minimum atomic E-state index is -0.521. The van der Waals surface area contributed by atoms with Crippen molar-refractivity contribution < 1.29 is 28.6 Å². The number of amides is 2. The number of ether oxygens (including phenoxy) is 3. The zero-order valence-corrected chi connectivity index (χ0v) is 20.5. The maximum Gasteiger partial charge on any atom is 0.343 e. The van der Waals surface area contributed by atoms with E-state index in [0.717, 1.165) is 4.47 Å². The highest BCUT2D eigenvalue weighted by molar-refractivity contribution is 9.10. The topological polar surface area (TPSA) is 115 Å². The summed E-state index contributed by atoms with van der Waals surface area (Å²) in [6.07, 6.45) is 1.39. The molecule has 0 bridgehead atoms. The van der Waals surface area contributed by atoms with Gasteiger partial charge in [-0.3, -0.25) is 9.59 Å². The van der Waals surface area contributed by atoms with Gasteiger partial charge in [-0.05, 0) is 54.1 Å². The summed E-state index contributed by atoms with van der Waals surface area (Å²) in [5, 5.41) is 6.38. The van der Waals surface area contributed by atoms with Crippen LogP contribution >= 0.6 is 15.9 Å². The molecule has 0 aliphatic rings. The number of esters is 1. The van der Waals surface area contributed by atoms with Crippen LogP contribution in [0.4, 0.5) is 0 Å². The Morgan fingerprint density at radius 1 is 0.914 bits per heavy atom. The second-order valence-corrected chi connectivity index (χ2v) is 7.93. The molecule has 3 aromatic carbocycles. The van der Waals surface area contributed by atoms with Gasteiger partial charge >= 0.3 is 5.97 Å². The molecule has 9 nitrogen and oxygen atoms in total. The van der Waals surface area contributed by atoms with E-state index in [0.29, 0.717) is 33.9 Å². The number of halogens is 1. The minimum absolute atomic E-state index is 0.283. The third kappa shape index (κ3) is 7.41. The van der Waals surface area contributed by atoms with Gasteiger partial charge in [0, 0.05) is 10.0 Å². The van der Waals surface area contributed by atoms with Crippen molar-refractivity contribution in [3.63, 3.8) is 0 Å². The smallest absolute Gasteiger partial charge is 0.343 e. The largest absolute Gasteiger partial charge is 0.493 e. The number of hydrogen-bond donors (Lipinski definition) is 2. The first-order valence-electron chi connectivity index (χ1n) is 10.3. The third-order valence-electron chi connectivity index (χ3n) is 4.59. The molecule has 0 unspecified atom stereocenters. The summed E-state index contributed by atoms with van der Waals surface area (Å²) in [5.41, 5.74) is 3.64. The molecule has 0 heterocycles. The molecule has 3 aromatic rings. The molecule has 0 spiro atoms. The molecule has 0 aromatic heterocycles. The van der Waals surface area contributed by atoms with Crippen LogP contribution in [0.15, 0.2) is 76.3 Å². The molecule has 0 aliphatic heterocycles. The molecule has 10 heteroatoms. The molecule has 35 heavy (non-hydrogen) atoms. The molecule has 0 saturated heterocycles. The fourth-order valence-electron chi connectivity index (χ4n) is 2.90. The average Bonchev–Trinajstić information content (AvgIpc) is 2.87. The lowest BCUT2D eigenvalue weighted by atomic mass is 10.2. The van der Waals surface area contributed by atoms with E-state index in [4.69, 9.17) is 14.2 Å². The number of hydrogen-bond acceptors (Lipinski definition) is 7. The molecular formula is C25H22BrN3O6. The second kappa shape index (κ2) is 12.3. The molecule has 2 N–H and O–H groups in total. The third-order valence-corrected chi connectivity index (χ3v) is 5.08. The molecule has 0 saturated carbocycles. The summed E-state index contributed by atoms with van der Waals surface area (Å²) in [6.45, 7) is -0.283. The van der Waals surface area contributed by atoms with Crippen LogP contribution in [0.3, 0.4) is 0 Å². The number of methoxy groups -OCH3 is 2. The monoisotopic (exact) mass is 539 g/mol. The fourth-order valence-corrected chi connectivity index (χ4v) is 3.30. The molecule has 0 fully saturated rings. The zero-order chi connectivity index (χ0) is 25.2. The van der Waals surface area contributed by atoms with Crippen molar-refractivity contribution in [2.45, 2.75) is 0 Å². The van der Waals surface area contributed by atoms with Crippen LogP contribution in [0.1, 0.15) is 26.3 Å². The van der Waals surface area contributed by atoms with Crippen molar-refractivity contribution in [3.8, 4) is 17.2 Å². The van der Waals surface area contributed by atoms with Gasteiger partial charge in [0.1, 0.15) is 5.75 Å². The fraction of sp³-hybridized carbons (Fsp3) is 0.120. The van der Waals surface area contributed by atoms with Crippen LogP contribution in [0.5, 0.6) is 17.2 Å². The van der Waals surface area contributed by atoms with E-state index in [1.54, 1.807) is 54.6 Å². The lowest BCUT2D eigenvalue weighted by Gasteiger charge is -2.09. The SMILES string of the molecule is COc1ccc(C(=O)NCC(=O)N/N=C/c2cccc(OC(=O)c3cccc(Br)c3)c2)cc1OC. The Labute approximate surface area is 210 Å². The highest BCUT2D eigenvalue weighted by Crippen LogP contribution is 2.27. The summed E-state index contributed by atoms with van der Waals surface area (Å²) in [5.74, 6) is -0.259. The van der Waals surface area contributed by atoms with Crippen molar-refractivity contribution in [1.82, 2.24) is 10.7 Å². The second-order valence-electron chi connectivity index (χ2n) is 7.02. The van der Waals surface area contributed by atoms with Gasteiger partial charge in [0.05, 0.1) is 32.5 Å². The first-order chi connectivity index (χ1) is 16.9. The Bertz CT molecular complexity index is 1260. The first kappa shape index (κ1) is 25.4. The van der Waals surface area contributed by atoms with E-state index in [1.165, 1.54) is 26.5 Å². The molecular weight excluding hydrogens is 518 g/mol. The normalized spacial score (nSPS) is 10.5. The van der Waals surface area contributed by atoms with Crippen molar-refractivity contribution >= 4 is 39.9 Å². The van der Waals surface area contributed by atoms with Gasteiger partial charge in [-0.25, -0.2) is 10.2 Å². The van der Waals surface area contributed by atoms with Crippen LogP contribution in [0.25, 0.3) is 0 Å².